The van der Waals surface area contributed by atoms with Crippen LogP contribution >= 0.6 is 12.4 Å². The number of carbonyl (C=O) groups is 3. The molecule has 41 heavy (non-hydrogen) atoms. The second-order valence-corrected chi connectivity index (χ2v) is 11.7. The Morgan fingerprint density at radius 2 is 1.46 bits per heavy atom. The van der Waals surface area contributed by atoms with E-state index < -0.39 is 29.8 Å². The average molecular weight is 585 g/mol. The molecule has 2 heterocycles. The van der Waals surface area contributed by atoms with Gasteiger partial charge in [0.2, 0.25) is 17.7 Å². The molecule has 0 saturated carbocycles. The molecule has 0 bridgehead atoms. The van der Waals surface area contributed by atoms with Crippen molar-refractivity contribution in [1.82, 2.24) is 20.9 Å². The van der Waals surface area contributed by atoms with E-state index in [4.69, 9.17) is 4.74 Å². The largest absolute Gasteiger partial charge is 0.358 e. The number of hydrogen-bond donors (Lipinski definition) is 3. The van der Waals surface area contributed by atoms with Crippen molar-refractivity contribution in [2.45, 2.75) is 77.9 Å². The number of likely N-dealkylation sites (N-methyl/N-ethyl adjacent to an activating group) is 1. The van der Waals surface area contributed by atoms with Crippen LogP contribution in [-0.4, -0.2) is 60.6 Å². The average Bonchev–Trinajstić information content (AvgIpc) is 3.24. The fourth-order valence-electron chi connectivity index (χ4n) is 6.54. The van der Waals surface area contributed by atoms with Gasteiger partial charge in [0, 0.05) is 18.3 Å². The van der Waals surface area contributed by atoms with Gasteiger partial charge in [0.05, 0.1) is 18.7 Å². The van der Waals surface area contributed by atoms with Gasteiger partial charge in [-0.15, -0.1) is 12.4 Å². The summed E-state index contributed by atoms with van der Waals surface area (Å²) in [6.07, 6.45) is 0.375. The van der Waals surface area contributed by atoms with E-state index in [1.54, 1.807) is 18.9 Å². The van der Waals surface area contributed by atoms with Crippen molar-refractivity contribution in [3.8, 4) is 0 Å². The number of amides is 3. The molecule has 0 spiro atoms. The third-order valence-electron chi connectivity index (χ3n) is 8.99. The van der Waals surface area contributed by atoms with E-state index in [9.17, 15) is 14.4 Å². The number of halogens is 1. The highest BCUT2D eigenvalue weighted by Gasteiger charge is 2.61. The van der Waals surface area contributed by atoms with Crippen LogP contribution < -0.4 is 16.0 Å². The molecule has 224 valence electrons. The first-order chi connectivity index (χ1) is 19.1. The summed E-state index contributed by atoms with van der Waals surface area (Å²) in [5, 5.41) is 9.15. The number of fused-ring (bicyclic) bond motifs is 1. The van der Waals surface area contributed by atoms with Gasteiger partial charge in [-0.1, -0.05) is 88.4 Å². The van der Waals surface area contributed by atoms with Crippen LogP contribution in [0.5, 0.6) is 0 Å². The molecule has 8 nitrogen and oxygen atoms in total. The van der Waals surface area contributed by atoms with Crippen LogP contribution in [0.1, 0.15) is 64.6 Å². The third-order valence-corrected chi connectivity index (χ3v) is 8.99. The van der Waals surface area contributed by atoms with E-state index in [0.29, 0.717) is 19.4 Å². The summed E-state index contributed by atoms with van der Waals surface area (Å²) in [4.78, 5) is 43.1. The number of nitrogens with zero attached hydrogens (tertiary/aromatic N) is 1. The SMILES string of the molecule is CNC(C)C(=O)N[C@H]1CCOC2CC(C(C)C)(C(C)C)C(C(=O)NC(c3ccccc3)c3ccccc3)N2C1=O.Cl. The van der Waals surface area contributed by atoms with Gasteiger partial charge in [-0.2, -0.15) is 0 Å². The molecule has 2 saturated heterocycles. The van der Waals surface area contributed by atoms with E-state index in [-0.39, 0.29) is 48.0 Å². The zero-order valence-corrected chi connectivity index (χ0v) is 25.7. The molecule has 4 rings (SSSR count). The maximum Gasteiger partial charge on any atom is 0.247 e. The van der Waals surface area contributed by atoms with Crippen LogP contribution in [0, 0.1) is 17.3 Å². The molecule has 2 aromatic carbocycles. The van der Waals surface area contributed by atoms with Crippen LogP contribution in [0.4, 0.5) is 0 Å². The molecule has 3 N–H and O–H groups in total. The first-order valence-corrected chi connectivity index (χ1v) is 14.4. The third kappa shape index (κ3) is 6.45. The molecule has 0 aromatic heterocycles. The van der Waals surface area contributed by atoms with E-state index in [0.717, 1.165) is 11.1 Å². The minimum atomic E-state index is -0.766. The Hall–Kier alpha value is -2.94. The molecule has 9 heteroatoms. The summed E-state index contributed by atoms with van der Waals surface area (Å²) < 4.78 is 6.26. The number of hydrogen-bond acceptors (Lipinski definition) is 5. The van der Waals surface area contributed by atoms with E-state index >= 15 is 0 Å². The maximum atomic E-state index is 14.6. The van der Waals surface area contributed by atoms with E-state index in [1.165, 1.54) is 0 Å². The van der Waals surface area contributed by atoms with Crippen molar-refractivity contribution in [1.29, 1.82) is 0 Å². The fourth-order valence-corrected chi connectivity index (χ4v) is 6.54. The normalized spacial score (nSPS) is 22.6. The molecule has 2 aromatic rings. The molecule has 2 aliphatic heterocycles. The Balaban J connectivity index is 0.00000462. The number of nitrogens with one attached hydrogen (secondary N) is 3. The second kappa shape index (κ2) is 13.8. The Morgan fingerprint density at radius 3 is 1.95 bits per heavy atom. The summed E-state index contributed by atoms with van der Waals surface area (Å²) in [7, 11) is 1.70. The highest BCUT2D eigenvalue weighted by Crippen LogP contribution is 2.52. The van der Waals surface area contributed by atoms with Crippen LogP contribution in [0.3, 0.4) is 0 Å². The van der Waals surface area contributed by atoms with E-state index in [1.807, 2.05) is 60.7 Å². The van der Waals surface area contributed by atoms with Crippen molar-refractivity contribution in [2.75, 3.05) is 13.7 Å². The van der Waals surface area contributed by atoms with Gasteiger partial charge in [-0.25, -0.2) is 0 Å². The number of ether oxygens (including phenoxy) is 1. The van der Waals surface area contributed by atoms with Crippen LogP contribution in [0.2, 0.25) is 0 Å². The maximum absolute atomic E-state index is 14.6. The Labute approximate surface area is 250 Å². The molecule has 3 amide bonds. The van der Waals surface area contributed by atoms with Gasteiger partial charge in [-0.05, 0) is 36.9 Å². The molecule has 0 aliphatic carbocycles. The summed E-state index contributed by atoms with van der Waals surface area (Å²) in [6.45, 7) is 10.6. The van der Waals surface area contributed by atoms with Crippen LogP contribution in [0.15, 0.2) is 60.7 Å². The topological polar surface area (TPSA) is 99.8 Å². The Morgan fingerprint density at radius 1 is 0.927 bits per heavy atom. The zero-order valence-electron chi connectivity index (χ0n) is 24.9. The monoisotopic (exact) mass is 584 g/mol. The Kier molecular flexibility index (Phi) is 11.0. The molecule has 3 unspecified atom stereocenters. The molecular weight excluding hydrogens is 540 g/mol. The smallest absolute Gasteiger partial charge is 0.247 e. The first-order valence-electron chi connectivity index (χ1n) is 14.4. The molecule has 4 atom stereocenters. The van der Waals surface area contributed by atoms with Gasteiger partial charge in [0.15, 0.2) is 0 Å². The van der Waals surface area contributed by atoms with Gasteiger partial charge < -0.3 is 25.6 Å². The van der Waals surface area contributed by atoms with Gasteiger partial charge >= 0.3 is 0 Å². The summed E-state index contributed by atoms with van der Waals surface area (Å²) in [5.74, 6) is -0.549. The number of benzene rings is 2. The molecule has 0 radical (unpaired) electrons. The van der Waals surface area contributed by atoms with E-state index in [2.05, 4.69) is 43.6 Å². The number of rotatable bonds is 9. The molecular formula is C32H45ClN4O4. The summed E-state index contributed by atoms with van der Waals surface area (Å²) in [6, 6.07) is 17.4. The van der Waals surface area contributed by atoms with Crippen molar-refractivity contribution in [3.63, 3.8) is 0 Å². The van der Waals surface area contributed by atoms with Crippen molar-refractivity contribution in [2.24, 2.45) is 17.3 Å². The van der Waals surface area contributed by atoms with Crippen molar-refractivity contribution >= 4 is 30.1 Å². The minimum Gasteiger partial charge on any atom is -0.358 e. The van der Waals surface area contributed by atoms with Crippen molar-refractivity contribution in [3.05, 3.63) is 71.8 Å². The van der Waals surface area contributed by atoms with Crippen LogP contribution in [0.25, 0.3) is 0 Å². The van der Waals surface area contributed by atoms with Crippen molar-refractivity contribution < 1.29 is 19.1 Å². The van der Waals surface area contributed by atoms with Gasteiger partial charge in [0.25, 0.3) is 0 Å². The predicted octanol–water partition coefficient (Wildman–Crippen LogP) is 4.05. The standard InChI is InChI=1S/C32H44N4O4.ClH/c1-20(2)32(21(3)4)19-26-36(31(39)25(17-18-40-26)34-29(37)22(5)33-6)28(32)30(38)35-27(23-13-9-7-10-14-23)24-15-11-8-12-16-24;/h7-16,20-22,25-28,33H,17-19H2,1-6H3,(H,34,37)(H,35,38);1H/t22?,25-,26?,28?;/m0./s1. The summed E-state index contributed by atoms with van der Waals surface area (Å²) >= 11 is 0. The Bertz CT molecular complexity index is 1130. The molecule has 2 aliphatic rings. The lowest BCUT2D eigenvalue weighted by Crippen LogP contribution is -2.60. The highest BCUT2D eigenvalue weighted by molar-refractivity contribution is 5.94. The van der Waals surface area contributed by atoms with Gasteiger partial charge in [0.1, 0.15) is 18.3 Å². The quantitative estimate of drug-likeness (QED) is 0.413. The molecule has 2 fully saturated rings. The van der Waals surface area contributed by atoms with Gasteiger partial charge in [-0.3, -0.25) is 14.4 Å². The lowest BCUT2D eigenvalue weighted by atomic mass is 9.63. The predicted molar refractivity (Wildman–Crippen MR) is 162 cm³/mol. The first kappa shape index (κ1) is 32.6. The lowest BCUT2D eigenvalue weighted by molar-refractivity contribution is -0.151. The highest BCUT2D eigenvalue weighted by atomic mass is 35.5. The minimum absolute atomic E-state index is 0. The summed E-state index contributed by atoms with van der Waals surface area (Å²) in [5.41, 5.74) is 1.40. The lowest BCUT2D eigenvalue weighted by Gasteiger charge is -2.44. The second-order valence-electron chi connectivity index (χ2n) is 11.7. The fraction of sp³-hybridized carbons (Fsp3) is 0.531. The number of carbonyl (C=O) groups excluding carboxylic acids is 3. The van der Waals surface area contributed by atoms with Crippen LogP contribution in [-0.2, 0) is 19.1 Å². The zero-order chi connectivity index (χ0) is 29.0.